The molecule has 1 aliphatic heterocycles. The molecule has 0 spiro atoms. The van der Waals surface area contributed by atoms with Crippen LogP contribution in [0.1, 0.15) is 5.56 Å². The standard InChI is InChI=1S/C11H13ClN2O2/c12-8-1-2-9-7(5-8)6-10(16-9)11(15)14-4-3-13/h1-2,5,10H,3-4,6,13H2,(H,14,15). The molecule has 86 valence electrons. The molecule has 0 saturated carbocycles. The van der Waals surface area contributed by atoms with Gasteiger partial charge in [0.15, 0.2) is 6.10 Å². The number of nitrogens with one attached hydrogen (secondary N) is 1. The lowest BCUT2D eigenvalue weighted by Crippen LogP contribution is -2.39. The highest BCUT2D eigenvalue weighted by molar-refractivity contribution is 6.30. The van der Waals surface area contributed by atoms with Crippen molar-refractivity contribution in [3.63, 3.8) is 0 Å². The third-order valence-corrected chi connectivity index (χ3v) is 2.67. The van der Waals surface area contributed by atoms with Crippen LogP contribution in [0.3, 0.4) is 0 Å². The van der Waals surface area contributed by atoms with Crippen LogP contribution in [0.5, 0.6) is 5.75 Å². The molecule has 1 atom stereocenters. The summed E-state index contributed by atoms with van der Waals surface area (Å²) in [6.07, 6.45) is 0.103. The number of amides is 1. The summed E-state index contributed by atoms with van der Waals surface area (Å²) in [4.78, 5) is 11.6. The van der Waals surface area contributed by atoms with Gasteiger partial charge in [0.25, 0.3) is 5.91 Å². The Hall–Kier alpha value is -1.26. The molecule has 1 unspecified atom stereocenters. The van der Waals surface area contributed by atoms with Crippen LogP contribution in [-0.4, -0.2) is 25.1 Å². The first kappa shape index (κ1) is 11.2. The third-order valence-electron chi connectivity index (χ3n) is 2.43. The minimum Gasteiger partial charge on any atom is -0.480 e. The maximum absolute atomic E-state index is 11.6. The number of hydrogen-bond donors (Lipinski definition) is 2. The van der Waals surface area contributed by atoms with Crippen molar-refractivity contribution in [1.29, 1.82) is 0 Å². The highest BCUT2D eigenvalue weighted by Gasteiger charge is 2.28. The van der Waals surface area contributed by atoms with Gasteiger partial charge in [-0.1, -0.05) is 11.6 Å². The normalized spacial score (nSPS) is 17.8. The van der Waals surface area contributed by atoms with Crippen LogP contribution in [-0.2, 0) is 11.2 Å². The van der Waals surface area contributed by atoms with Crippen LogP contribution in [0.2, 0.25) is 5.02 Å². The van der Waals surface area contributed by atoms with Crippen LogP contribution in [0.15, 0.2) is 18.2 Å². The number of carbonyl (C=O) groups excluding carboxylic acids is 1. The van der Waals surface area contributed by atoms with Gasteiger partial charge >= 0.3 is 0 Å². The molecule has 5 heteroatoms. The van der Waals surface area contributed by atoms with Crippen LogP contribution < -0.4 is 15.8 Å². The van der Waals surface area contributed by atoms with Crippen molar-refractivity contribution in [2.75, 3.05) is 13.1 Å². The van der Waals surface area contributed by atoms with Gasteiger partial charge in [-0.15, -0.1) is 0 Å². The number of fused-ring (bicyclic) bond motifs is 1. The molecular weight excluding hydrogens is 228 g/mol. The molecule has 1 heterocycles. The predicted molar refractivity (Wildman–Crippen MR) is 61.6 cm³/mol. The fourth-order valence-corrected chi connectivity index (χ4v) is 1.87. The molecule has 1 amide bonds. The second kappa shape index (κ2) is 4.72. The predicted octanol–water partition coefficient (Wildman–Crippen LogP) is 0.718. The molecule has 0 aliphatic carbocycles. The van der Waals surface area contributed by atoms with Gasteiger partial charge in [0.2, 0.25) is 0 Å². The number of rotatable bonds is 3. The fourth-order valence-electron chi connectivity index (χ4n) is 1.67. The largest absolute Gasteiger partial charge is 0.480 e. The van der Waals surface area contributed by atoms with Crippen molar-refractivity contribution in [2.24, 2.45) is 5.73 Å². The van der Waals surface area contributed by atoms with E-state index in [2.05, 4.69) is 5.32 Å². The molecule has 3 N–H and O–H groups in total. The zero-order chi connectivity index (χ0) is 11.5. The molecule has 1 aromatic rings. The Morgan fingerprint density at radius 1 is 1.62 bits per heavy atom. The molecule has 4 nitrogen and oxygen atoms in total. The van der Waals surface area contributed by atoms with E-state index in [1.807, 2.05) is 6.07 Å². The lowest BCUT2D eigenvalue weighted by molar-refractivity contribution is -0.127. The van der Waals surface area contributed by atoms with Gasteiger partial charge in [-0.25, -0.2) is 0 Å². The molecule has 0 bridgehead atoms. The molecule has 16 heavy (non-hydrogen) atoms. The van der Waals surface area contributed by atoms with Crippen LogP contribution >= 0.6 is 11.6 Å². The van der Waals surface area contributed by atoms with E-state index in [0.717, 1.165) is 11.3 Å². The molecule has 2 rings (SSSR count). The lowest BCUT2D eigenvalue weighted by Gasteiger charge is -2.10. The summed E-state index contributed by atoms with van der Waals surface area (Å²) in [5.74, 6) is 0.607. The highest BCUT2D eigenvalue weighted by Crippen LogP contribution is 2.30. The summed E-state index contributed by atoms with van der Waals surface area (Å²) >= 11 is 5.86. The summed E-state index contributed by atoms with van der Waals surface area (Å²) in [5, 5.41) is 3.36. The van der Waals surface area contributed by atoms with Gasteiger partial charge in [-0.3, -0.25) is 4.79 Å². The summed E-state index contributed by atoms with van der Waals surface area (Å²) in [7, 11) is 0. The molecule has 0 aromatic heterocycles. The number of benzene rings is 1. The van der Waals surface area contributed by atoms with Crippen molar-refractivity contribution in [1.82, 2.24) is 5.32 Å². The molecule has 0 saturated heterocycles. The number of hydrogen-bond acceptors (Lipinski definition) is 3. The quantitative estimate of drug-likeness (QED) is 0.818. The number of nitrogens with two attached hydrogens (primary N) is 1. The highest BCUT2D eigenvalue weighted by atomic mass is 35.5. The summed E-state index contributed by atoms with van der Waals surface area (Å²) in [6.45, 7) is 0.896. The molecule has 1 aromatic carbocycles. The Morgan fingerprint density at radius 2 is 2.44 bits per heavy atom. The summed E-state index contributed by atoms with van der Waals surface area (Å²) in [6, 6.07) is 5.36. The van der Waals surface area contributed by atoms with E-state index in [1.54, 1.807) is 12.1 Å². The Kier molecular flexibility index (Phi) is 3.31. The summed E-state index contributed by atoms with van der Waals surface area (Å²) < 4.78 is 5.51. The topological polar surface area (TPSA) is 64.3 Å². The monoisotopic (exact) mass is 240 g/mol. The smallest absolute Gasteiger partial charge is 0.261 e. The van der Waals surface area contributed by atoms with Crippen molar-refractivity contribution >= 4 is 17.5 Å². The Balaban J connectivity index is 2.02. The van der Waals surface area contributed by atoms with Crippen LogP contribution in [0.4, 0.5) is 0 Å². The maximum atomic E-state index is 11.6. The molecule has 0 fully saturated rings. The van der Waals surface area contributed by atoms with Gasteiger partial charge in [-0.05, 0) is 23.8 Å². The van der Waals surface area contributed by atoms with E-state index >= 15 is 0 Å². The van der Waals surface area contributed by atoms with E-state index in [9.17, 15) is 4.79 Å². The Labute approximate surface area is 98.7 Å². The fraction of sp³-hybridized carbons (Fsp3) is 0.364. The van der Waals surface area contributed by atoms with E-state index in [0.29, 0.717) is 24.5 Å². The minimum absolute atomic E-state index is 0.127. The van der Waals surface area contributed by atoms with E-state index < -0.39 is 6.10 Å². The van der Waals surface area contributed by atoms with E-state index in [-0.39, 0.29) is 5.91 Å². The second-order valence-electron chi connectivity index (χ2n) is 3.64. The van der Waals surface area contributed by atoms with Crippen LogP contribution in [0, 0.1) is 0 Å². The maximum Gasteiger partial charge on any atom is 0.261 e. The van der Waals surface area contributed by atoms with Gasteiger partial charge in [0.05, 0.1) is 0 Å². The SMILES string of the molecule is NCCNC(=O)C1Cc2cc(Cl)ccc2O1. The first-order valence-electron chi connectivity index (χ1n) is 5.13. The van der Waals surface area contributed by atoms with Crippen molar-refractivity contribution < 1.29 is 9.53 Å². The van der Waals surface area contributed by atoms with Gasteiger partial charge < -0.3 is 15.8 Å². The number of halogens is 1. The third kappa shape index (κ3) is 2.28. The number of ether oxygens (including phenoxy) is 1. The van der Waals surface area contributed by atoms with Crippen LogP contribution in [0.25, 0.3) is 0 Å². The van der Waals surface area contributed by atoms with Gasteiger partial charge in [-0.2, -0.15) is 0 Å². The zero-order valence-electron chi connectivity index (χ0n) is 8.70. The van der Waals surface area contributed by atoms with Crippen molar-refractivity contribution in [2.45, 2.75) is 12.5 Å². The Bertz CT molecular complexity index is 409. The first-order valence-corrected chi connectivity index (χ1v) is 5.51. The summed E-state index contributed by atoms with van der Waals surface area (Å²) in [5.41, 5.74) is 6.28. The number of carbonyl (C=O) groups is 1. The van der Waals surface area contributed by atoms with Gasteiger partial charge in [0.1, 0.15) is 5.75 Å². The molecular formula is C11H13ClN2O2. The van der Waals surface area contributed by atoms with Crippen molar-refractivity contribution in [3.05, 3.63) is 28.8 Å². The average molecular weight is 241 g/mol. The minimum atomic E-state index is -0.458. The van der Waals surface area contributed by atoms with Crippen molar-refractivity contribution in [3.8, 4) is 5.75 Å². The molecule has 0 radical (unpaired) electrons. The molecule has 1 aliphatic rings. The van der Waals surface area contributed by atoms with E-state index in [4.69, 9.17) is 22.1 Å². The van der Waals surface area contributed by atoms with Gasteiger partial charge in [0, 0.05) is 24.5 Å². The second-order valence-corrected chi connectivity index (χ2v) is 4.08. The first-order chi connectivity index (χ1) is 7.70. The zero-order valence-corrected chi connectivity index (χ0v) is 9.46. The average Bonchev–Trinajstić information content (AvgIpc) is 2.68. The lowest BCUT2D eigenvalue weighted by atomic mass is 10.1. The van der Waals surface area contributed by atoms with E-state index in [1.165, 1.54) is 0 Å². The Morgan fingerprint density at radius 3 is 3.19 bits per heavy atom.